The first-order valence-corrected chi connectivity index (χ1v) is 7.94. The van der Waals surface area contributed by atoms with E-state index < -0.39 is 17.5 Å². The van der Waals surface area contributed by atoms with Crippen LogP contribution in [0.15, 0.2) is 42.5 Å². The van der Waals surface area contributed by atoms with E-state index >= 15 is 0 Å². The number of halogens is 2. The fraction of sp³-hybridized carbons (Fsp3) is 0.222. The lowest BCUT2D eigenvalue weighted by atomic mass is 10.0. The van der Waals surface area contributed by atoms with Gasteiger partial charge in [0.2, 0.25) is 5.60 Å². The highest BCUT2D eigenvalue weighted by Gasteiger charge is 2.31. The maximum absolute atomic E-state index is 11.9. The maximum Gasteiger partial charge on any atom is 0.347 e. The topological polar surface area (TPSA) is 63.6 Å². The Balaban J connectivity index is 2.10. The van der Waals surface area contributed by atoms with E-state index in [1.54, 1.807) is 24.3 Å². The number of rotatable bonds is 5. The molecule has 0 aliphatic rings. The first kappa shape index (κ1) is 18.3. The van der Waals surface area contributed by atoms with Gasteiger partial charge in [0.1, 0.15) is 0 Å². The van der Waals surface area contributed by atoms with Gasteiger partial charge in [-0.15, -0.1) is 0 Å². The summed E-state index contributed by atoms with van der Waals surface area (Å²) in [5, 5.41) is 10.1. The molecule has 0 bridgehead atoms. The minimum absolute atomic E-state index is 0.00859. The van der Waals surface area contributed by atoms with E-state index in [4.69, 9.17) is 33.0 Å². The molecule has 2 aromatic carbocycles. The fourth-order valence-electron chi connectivity index (χ4n) is 2.06. The van der Waals surface area contributed by atoms with Gasteiger partial charge in [-0.2, -0.15) is 0 Å². The second-order valence-electron chi connectivity index (χ2n) is 5.79. The quantitative estimate of drug-likeness (QED) is 0.784. The van der Waals surface area contributed by atoms with Crippen molar-refractivity contribution in [2.45, 2.75) is 25.9 Å². The molecule has 0 unspecified atom stereocenters. The Hall–Kier alpha value is -2.04. The zero-order chi connectivity index (χ0) is 17.9. The molecule has 126 valence electrons. The van der Waals surface area contributed by atoms with Crippen LogP contribution in [0.3, 0.4) is 0 Å². The van der Waals surface area contributed by atoms with E-state index in [1.165, 1.54) is 13.8 Å². The molecule has 0 saturated heterocycles. The number of hydrogen-bond acceptors (Lipinski definition) is 3. The predicted octanol–water partition coefficient (Wildman–Crippen LogP) is 4.61. The number of carbonyl (C=O) groups excluding carboxylic acids is 1. The van der Waals surface area contributed by atoms with E-state index in [1.807, 2.05) is 18.2 Å². The van der Waals surface area contributed by atoms with Crippen LogP contribution < -0.4 is 0 Å². The summed E-state index contributed by atoms with van der Waals surface area (Å²) in [6, 6.07) is 12.5. The van der Waals surface area contributed by atoms with Gasteiger partial charge in [-0.25, -0.2) is 4.79 Å². The summed E-state index contributed by atoms with van der Waals surface area (Å²) in [6.45, 7) is 2.66. The summed E-state index contributed by atoms with van der Waals surface area (Å²) in [4.78, 5) is 22.8. The average Bonchev–Trinajstić information content (AvgIpc) is 2.47. The first-order valence-electron chi connectivity index (χ1n) is 7.18. The second kappa shape index (κ2) is 7.24. The van der Waals surface area contributed by atoms with Gasteiger partial charge >= 0.3 is 11.9 Å². The van der Waals surface area contributed by atoms with Gasteiger partial charge in [0.15, 0.2) is 0 Å². The Kier molecular flexibility index (Phi) is 5.52. The van der Waals surface area contributed by atoms with Crippen LogP contribution in [0.2, 0.25) is 10.0 Å². The number of hydrogen-bond donors (Lipinski definition) is 1. The molecule has 0 atom stereocenters. The lowest BCUT2D eigenvalue weighted by Gasteiger charge is -2.19. The molecule has 0 aliphatic heterocycles. The Morgan fingerprint density at radius 1 is 1.08 bits per heavy atom. The first-order chi connectivity index (χ1) is 11.2. The summed E-state index contributed by atoms with van der Waals surface area (Å²) < 4.78 is 4.98. The molecule has 0 amide bonds. The van der Waals surface area contributed by atoms with Crippen molar-refractivity contribution in [3.05, 3.63) is 58.1 Å². The second-order valence-corrected chi connectivity index (χ2v) is 6.63. The summed E-state index contributed by atoms with van der Waals surface area (Å²) in [5.41, 5.74) is 0.894. The van der Waals surface area contributed by atoms with Gasteiger partial charge in [-0.1, -0.05) is 53.5 Å². The van der Waals surface area contributed by atoms with Crippen molar-refractivity contribution in [2.24, 2.45) is 0 Å². The molecule has 0 aromatic heterocycles. The summed E-state index contributed by atoms with van der Waals surface area (Å²) in [6.07, 6.45) is -0.00859. The van der Waals surface area contributed by atoms with Gasteiger partial charge < -0.3 is 9.84 Å². The average molecular weight is 367 g/mol. The van der Waals surface area contributed by atoms with Crippen molar-refractivity contribution in [1.82, 2.24) is 0 Å². The molecule has 0 aliphatic carbocycles. The van der Waals surface area contributed by atoms with Gasteiger partial charge in [-0.05, 0) is 37.1 Å². The smallest absolute Gasteiger partial charge is 0.347 e. The molecule has 4 nitrogen and oxygen atoms in total. The van der Waals surface area contributed by atoms with Crippen LogP contribution >= 0.6 is 23.2 Å². The van der Waals surface area contributed by atoms with Crippen molar-refractivity contribution in [2.75, 3.05) is 0 Å². The highest BCUT2D eigenvalue weighted by molar-refractivity contribution is 6.36. The van der Waals surface area contributed by atoms with Gasteiger partial charge in [0.25, 0.3) is 0 Å². The third-order valence-corrected chi connectivity index (χ3v) is 3.98. The van der Waals surface area contributed by atoms with Crippen LogP contribution in [0, 0.1) is 0 Å². The van der Waals surface area contributed by atoms with Crippen molar-refractivity contribution in [1.29, 1.82) is 0 Å². The van der Waals surface area contributed by atoms with Crippen LogP contribution in [-0.4, -0.2) is 22.6 Å². The molecule has 0 saturated carbocycles. The summed E-state index contributed by atoms with van der Waals surface area (Å²) in [5.74, 6) is -1.79. The highest BCUT2D eigenvalue weighted by atomic mass is 35.5. The zero-order valence-corrected chi connectivity index (χ0v) is 14.7. The van der Waals surface area contributed by atoms with Crippen LogP contribution in [-0.2, 0) is 20.7 Å². The molecule has 24 heavy (non-hydrogen) atoms. The lowest BCUT2D eigenvalue weighted by Crippen LogP contribution is -2.37. The molecule has 6 heteroatoms. The molecule has 1 N–H and O–H groups in total. The molecular weight excluding hydrogens is 351 g/mol. The predicted molar refractivity (Wildman–Crippen MR) is 93.4 cm³/mol. The molecule has 0 radical (unpaired) electrons. The monoisotopic (exact) mass is 366 g/mol. The fourth-order valence-corrected chi connectivity index (χ4v) is 2.57. The van der Waals surface area contributed by atoms with E-state index in [9.17, 15) is 9.59 Å². The Labute approximate surface area is 150 Å². The Morgan fingerprint density at radius 3 is 2.25 bits per heavy atom. The summed E-state index contributed by atoms with van der Waals surface area (Å²) >= 11 is 12.1. The number of esters is 1. The van der Waals surface area contributed by atoms with Gasteiger partial charge in [0, 0.05) is 15.6 Å². The highest BCUT2D eigenvalue weighted by Crippen LogP contribution is 2.30. The van der Waals surface area contributed by atoms with Crippen LogP contribution in [0.4, 0.5) is 0 Å². The minimum Gasteiger partial charge on any atom is -0.478 e. The van der Waals surface area contributed by atoms with Crippen molar-refractivity contribution >= 4 is 35.1 Å². The van der Waals surface area contributed by atoms with Gasteiger partial charge in [-0.3, -0.25) is 4.79 Å². The number of carbonyl (C=O) groups is 2. The summed E-state index contributed by atoms with van der Waals surface area (Å²) in [7, 11) is 0. The standard InChI is InChI=1S/C18H16Cl2O4/c1-18(2,17(22)23)24-16(21)9-11-3-5-12(6-4-11)14-8-7-13(19)10-15(14)20/h3-8,10H,9H2,1-2H3,(H,22,23). The van der Waals surface area contributed by atoms with E-state index in [2.05, 4.69) is 0 Å². The van der Waals surface area contributed by atoms with Crippen LogP contribution in [0.1, 0.15) is 19.4 Å². The van der Waals surface area contributed by atoms with Crippen molar-refractivity contribution in [3.8, 4) is 11.1 Å². The SMILES string of the molecule is CC(C)(OC(=O)Cc1ccc(-c2ccc(Cl)cc2Cl)cc1)C(=O)O. The van der Waals surface area contributed by atoms with Gasteiger partial charge in [0.05, 0.1) is 6.42 Å². The van der Waals surface area contributed by atoms with Crippen LogP contribution in [0.25, 0.3) is 11.1 Å². The lowest BCUT2D eigenvalue weighted by molar-refractivity contribution is -0.173. The molecule has 2 rings (SSSR count). The Morgan fingerprint density at radius 2 is 1.71 bits per heavy atom. The van der Waals surface area contributed by atoms with Crippen LogP contribution in [0.5, 0.6) is 0 Å². The third-order valence-electron chi connectivity index (χ3n) is 3.43. The number of benzene rings is 2. The number of aliphatic carboxylic acids is 1. The molecule has 0 heterocycles. The number of carboxylic acid groups (broad SMARTS) is 1. The molecular formula is C18H16Cl2O4. The molecule has 2 aromatic rings. The van der Waals surface area contributed by atoms with Crippen molar-refractivity contribution < 1.29 is 19.4 Å². The normalized spacial score (nSPS) is 11.2. The number of ether oxygens (including phenoxy) is 1. The molecule has 0 spiro atoms. The van der Waals surface area contributed by atoms with E-state index in [0.717, 1.165) is 16.7 Å². The largest absolute Gasteiger partial charge is 0.478 e. The van der Waals surface area contributed by atoms with E-state index in [0.29, 0.717) is 10.0 Å². The third kappa shape index (κ3) is 4.49. The van der Waals surface area contributed by atoms with Crippen molar-refractivity contribution in [3.63, 3.8) is 0 Å². The van der Waals surface area contributed by atoms with E-state index in [-0.39, 0.29) is 6.42 Å². The maximum atomic E-state index is 11.9. The zero-order valence-electron chi connectivity index (χ0n) is 13.2. The molecule has 0 fully saturated rings. The minimum atomic E-state index is -1.55. The number of carboxylic acids is 1. The Bertz CT molecular complexity index is 767.